The number of nitrogens with one attached hydrogen (secondary N) is 2. The molecular weight excluding hydrogens is 504 g/mol. The largest absolute Gasteiger partial charge is 0.503 e. The van der Waals surface area contributed by atoms with Crippen LogP contribution in [0.2, 0.25) is 0 Å². The third-order valence-electron chi connectivity index (χ3n) is 6.61. The maximum absolute atomic E-state index is 13.0. The molecule has 0 bridgehead atoms. The topological polar surface area (TPSA) is 148 Å². The molecule has 0 aliphatic carbocycles. The van der Waals surface area contributed by atoms with Crippen LogP contribution in [0.4, 0.5) is 11.8 Å². The van der Waals surface area contributed by atoms with E-state index < -0.39 is 5.91 Å². The zero-order valence-corrected chi connectivity index (χ0v) is 22.1. The van der Waals surface area contributed by atoms with E-state index in [0.29, 0.717) is 50.1 Å². The number of benzene rings is 1. The van der Waals surface area contributed by atoms with Crippen molar-refractivity contribution in [2.24, 2.45) is 4.99 Å². The average molecular weight is 539 g/mol. The number of anilines is 2. The van der Waals surface area contributed by atoms with E-state index in [4.69, 9.17) is 14.2 Å². The molecule has 3 N–H and O–H groups in total. The molecule has 5 rings (SSSR count). The number of carbonyl (C=O) groups is 1. The number of fused-ring (bicyclic) bond motifs is 3. The summed E-state index contributed by atoms with van der Waals surface area (Å²) in [6.45, 7) is 7.27. The van der Waals surface area contributed by atoms with Crippen LogP contribution in [-0.4, -0.2) is 102 Å². The molecule has 1 saturated heterocycles. The van der Waals surface area contributed by atoms with Crippen molar-refractivity contribution in [3.63, 3.8) is 0 Å². The maximum Gasteiger partial charge on any atom is 0.283 e. The van der Waals surface area contributed by atoms with Gasteiger partial charge < -0.3 is 30.0 Å². The van der Waals surface area contributed by atoms with Crippen LogP contribution in [0.3, 0.4) is 0 Å². The molecule has 0 atom stereocenters. The van der Waals surface area contributed by atoms with Crippen molar-refractivity contribution in [1.29, 1.82) is 0 Å². The van der Waals surface area contributed by atoms with Crippen LogP contribution in [0, 0.1) is 0 Å². The van der Waals surface area contributed by atoms with E-state index in [2.05, 4.69) is 35.5 Å². The Balaban J connectivity index is 1.33. The number of carbonyl (C=O) groups excluding carboxylic acids is 1. The van der Waals surface area contributed by atoms with Gasteiger partial charge in [-0.15, -0.1) is 0 Å². The molecule has 208 valence electrons. The van der Waals surface area contributed by atoms with Crippen LogP contribution in [-0.2, 0) is 16.0 Å². The molecule has 39 heavy (non-hydrogen) atoms. The van der Waals surface area contributed by atoms with E-state index in [1.807, 2.05) is 10.6 Å². The van der Waals surface area contributed by atoms with E-state index in [9.17, 15) is 9.90 Å². The van der Waals surface area contributed by atoms with Crippen LogP contribution in [0.15, 0.2) is 29.5 Å². The van der Waals surface area contributed by atoms with Gasteiger partial charge in [-0.2, -0.15) is 4.99 Å². The standard InChI is InChI=1S/C26H34N8O5/c1-37-12-2-6-28-25-29-16-18(17-30-25)24(36)32-26-31-21-19(23-27-7-9-34(23)26)4-5-20(22(21)35)39-13-3-8-33-10-14-38-15-11-33/h4-5,16-17,27,35H,2-3,6-15H2,1H3,(H,28,29,30). The normalized spacial score (nSPS) is 15.8. The summed E-state index contributed by atoms with van der Waals surface area (Å²) in [7, 11) is 1.65. The Morgan fingerprint density at radius 2 is 2.00 bits per heavy atom. The number of morpholine rings is 1. The Kier molecular flexibility index (Phi) is 8.81. The molecule has 0 unspecified atom stereocenters. The number of aromatic hydroxyl groups is 1. The van der Waals surface area contributed by atoms with E-state index in [1.54, 1.807) is 13.2 Å². The van der Waals surface area contributed by atoms with Gasteiger partial charge in [0.2, 0.25) is 11.6 Å². The molecule has 4 heterocycles. The van der Waals surface area contributed by atoms with Crippen LogP contribution in [0.5, 0.6) is 11.5 Å². The van der Waals surface area contributed by atoms with Crippen LogP contribution in [0.25, 0.3) is 10.9 Å². The summed E-state index contributed by atoms with van der Waals surface area (Å²) >= 11 is 0. The molecule has 3 aromatic rings. The SMILES string of the molecule is COCCCNc1ncc(C(=O)N=c2nc3c(O)c(OCCCN4CCOCC4)ccc3c3n2CCN3)cn1. The van der Waals surface area contributed by atoms with Gasteiger partial charge in [0.15, 0.2) is 11.5 Å². The zero-order chi connectivity index (χ0) is 27.0. The van der Waals surface area contributed by atoms with Crippen LogP contribution >= 0.6 is 0 Å². The minimum atomic E-state index is -0.524. The van der Waals surface area contributed by atoms with Gasteiger partial charge in [0, 0.05) is 70.8 Å². The number of amides is 1. The number of methoxy groups -OCH3 is 1. The summed E-state index contributed by atoms with van der Waals surface area (Å²) < 4.78 is 18.1. The summed E-state index contributed by atoms with van der Waals surface area (Å²) in [6, 6.07) is 3.61. The summed E-state index contributed by atoms with van der Waals surface area (Å²) in [6.07, 6.45) is 4.50. The minimum Gasteiger partial charge on any atom is -0.503 e. The monoisotopic (exact) mass is 538 g/mol. The Bertz CT molecular complexity index is 1360. The van der Waals surface area contributed by atoms with Crippen molar-refractivity contribution in [2.75, 3.05) is 76.9 Å². The first-order valence-corrected chi connectivity index (χ1v) is 13.2. The van der Waals surface area contributed by atoms with Crippen molar-refractivity contribution in [2.45, 2.75) is 19.4 Å². The minimum absolute atomic E-state index is 0.0768. The highest BCUT2D eigenvalue weighted by Crippen LogP contribution is 2.36. The third kappa shape index (κ3) is 6.44. The van der Waals surface area contributed by atoms with E-state index in [0.717, 1.165) is 56.9 Å². The predicted octanol–water partition coefficient (Wildman–Crippen LogP) is 1.25. The molecule has 1 amide bonds. The van der Waals surface area contributed by atoms with E-state index >= 15 is 0 Å². The predicted molar refractivity (Wildman–Crippen MR) is 144 cm³/mol. The molecule has 0 saturated carbocycles. The first kappa shape index (κ1) is 26.8. The van der Waals surface area contributed by atoms with Gasteiger partial charge in [0.25, 0.3) is 5.91 Å². The molecule has 13 heteroatoms. The number of phenolic OH excluding ortho intramolecular Hbond substituents is 1. The van der Waals surface area contributed by atoms with Crippen molar-refractivity contribution in [1.82, 2.24) is 24.4 Å². The molecule has 0 radical (unpaired) electrons. The summed E-state index contributed by atoms with van der Waals surface area (Å²) in [5.41, 5.74) is 0.745. The fraction of sp³-hybridized carbons (Fsp3) is 0.500. The first-order chi connectivity index (χ1) is 19.1. The molecule has 1 aromatic carbocycles. The number of rotatable bonds is 11. The number of hydrogen-bond donors (Lipinski definition) is 3. The second-order valence-corrected chi connectivity index (χ2v) is 9.29. The van der Waals surface area contributed by atoms with E-state index in [-0.39, 0.29) is 16.9 Å². The quantitative estimate of drug-likeness (QED) is 0.303. The number of aromatic nitrogens is 4. The highest BCUT2D eigenvalue weighted by Gasteiger charge is 2.20. The fourth-order valence-electron chi connectivity index (χ4n) is 4.56. The summed E-state index contributed by atoms with van der Waals surface area (Å²) in [4.78, 5) is 32.5. The lowest BCUT2D eigenvalue weighted by molar-refractivity contribution is 0.0357. The van der Waals surface area contributed by atoms with E-state index in [1.165, 1.54) is 12.4 Å². The Hall–Kier alpha value is -3.81. The fourth-order valence-corrected chi connectivity index (χ4v) is 4.56. The molecule has 1 fully saturated rings. The van der Waals surface area contributed by atoms with Crippen LogP contribution < -0.4 is 21.0 Å². The molecule has 13 nitrogen and oxygen atoms in total. The Labute approximate surface area is 225 Å². The molecular formula is C26H34N8O5. The van der Waals surface area contributed by atoms with Gasteiger partial charge in [-0.1, -0.05) is 0 Å². The van der Waals surface area contributed by atoms with Crippen molar-refractivity contribution in [3.8, 4) is 11.5 Å². The first-order valence-electron chi connectivity index (χ1n) is 13.2. The van der Waals surface area contributed by atoms with Crippen molar-refractivity contribution >= 4 is 28.6 Å². The van der Waals surface area contributed by atoms with Crippen molar-refractivity contribution in [3.05, 3.63) is 35.7 Å². The lowest BCUT2D eigenvalue weighted by atomic mass is 10.2. The number of ether oxygens (including phenoxy) is 3. The number of phenols is 1. The van der Waals surface area contributed by atoms with Gasteiger partial charge in [0.1, 0.15) is 11.3 Å². The molecule has 0 spiro atoms. The molecule has 2 aliphatic heterocycles. The third-order valence-corrected chi connectivity index (χ3v) is 6.61. The maximum atomic E-state index is 13.0. The smallest absolute Gasteiger partial charge is 0.283 e. The lowest BCUT2D eigenvalue weighted by Crippen LogP contribution is -2.37. The highest BCUT2D eigenvalue weighted by molar-refractivity contribution is 5.96. The molecule has 2 aliphatic rings. The second-order valence-electron chi connectivity index (χ2n) is 9.29. The average Bonchev–Trinajstić information content (AvgIpc) is 3.46. The number of nitrogens with zero attached hydrogens (tertiary/aromatic N) is 6. The van der Waals surface area contributed by atoms with Gasteiger partial charge >= 0.3 is 0 Å². The highest BCUT2D eigenvalue weighted by atomic mass is 16.5. The summed E-state index contributed by atoms with van der Waals surface area (Å²) in [5, 5.41) is 18.1. The Morgan fingerprint density at radius 3 is 2.79 bits per heavy atom. The van der Waals surface area contributed by atoms with Gasteiger partial charge in [-0.25, -0.2) is 15.0 Å². The summed E-state index contributed by atoms with van der Waals surface area (Å²) in [5.74, 6) is 0.914. The Morgan fingerprint density at radius 1 is 1.18 bits per heavy atom. The lowest BCUT2D eigenvalue weighted by Gasteiger charge is -2.26. The van der Waals surface area contributed by atoms with Crippen LogP contribution in [0.1, 0.15) is 23.2 Å². The zero-order valence-electron chi connectivity index (χ0n) is 22.1. The second kappa shape index (κ2) is 12.8. The number of hydrogen-bond acceptors (Lipinski definition) is 11. The van der Waals surface area contributed by atoms with Gasteiger partial charge in [0.05, 0.1) is 25.4 Å². The molecule has 2 aromatic heterocycles. The van der Waals surface area contributed by atoms with Crippen molar-refractivity contribution < 1.29 is 24.1 Å². The van der Waals surface area contributed by atoms with Gasteiger partial charge in [-0.3, -0.25) is 14.3 Å². The van der Waals surface area contributed by atoms with Gasteiger partial charge in [-0.05, 0) is 25.0 Å².